The summed E-state index contributed by atoms with van der Waals surface area (Å²) >= 11 is 0. The number of nitrogens with zero attached hydrogens (tertiary/aromatic N) is 1. The van der Waals surface area contributed by atoms with Gasteiger partial charge in [0.2, 0.25) is 5.78 Å². The highest BCUT2D eigenvalue weighted by molar-refractivity contribution is 6.09. The first kappa shape index (κ1) is 9.05. The highest BCUT2D eigenvalue weighted by Crippen LogP contribution is 2.26. The third kappa shape index (κ3) is 1.16. The monoisotopic (exact) mass is 190 g/mol. The van der Waals surface area contributed by atoms with Crippen molar-refractivity contribution >= 4 is 11.4 Å². The van der Waals surface area contributed by atoms with Gasteiger partial charge in [0, 0.05) is 11.8 Å². The van der Waals surface area contributed by atoms with Crippen LogP contribution in [0.4, 0.5) is 0 Å². The Morgan fingerprint density at radius 2 is 2.29 bits per heavy atom. The van der Waals surface area contributed by atoms with Crippen molar-refractivity contribution in [2.75, 3.05) is 0 Å². The van der Waals surface area contributed by atoms with Crippen LogP contribution >= 0.6 is 0 Å². The molecule has 1 aliphatic carbocycles. The third-order valence-electron chi connectivity index (χ3n) is 2.23. The molecule has 2 rings (SSSR count). The van der Waals surface area contributed by atoms with E-state index in [9.17, 15) is 9.90 Å². The minimum atomic E-state index is -1.89. The van der Waals surface area contributed by atoms with Gasteiger partial charge in [-0.1, -0.05) is 0 Å². The molecule has 1 aliphatic rings. The summed E-state index contributed by atoms with van der Waals surface area (Å²) in [6, 6.07) is 3.25. The van der Waals surface area contributed by atoms with Gasteiger partial charge in [0.15, 0.2) is 5.72 Å². The molecule has 0 aromatic carbocycles. The molecule has 3 N–H and O–H groups in total. The lowest BCUT2D eigenvalue weighted by Gasteiger charge is -2.24. The van der Waals surface area contributed by atoms with Crippen molar-refractivity contribution in [3.8, 4) is 0 Å². The SMILES string of the molecule is CC1=CC(N)(O)C(=O)c2cccnc21. The Hall–Kier alpha value is -1.52. The number of hydrogen-bond donors (Lipinski definition) is 2. The van der Waals surface area contributed by atoms with E-state index in [1.807, 2.05) is 0 Å². The van der Waals surface area contributed by atoms with Gasteiger partial charge in [-0.2, -0.15) is 0 Å². The zero-order chi connectivity index (χ0) is 10.3. The Balaban J connectivity index is 2.69. The number of aliphatic hydroxyl groups is 1. The first-order chi connectivity index (χ1) is 6.52. The summed E-state index contributed by atoms with van der Waals surface area (Å²) in [5.74, 6) is -0.508. The van der Waals surface area contributed by atoms with Crippen LogP contribution in [0.3, 0.4) is 0 Å². The van der Waals surface area contributed by atoms with Gasteiger partial charge in [0.1, 0.15) is 0 Å². The van der Waals surface area contributed by atoms with E-state index < -0.39 is 11.5 Å². The smallest absolute Gasteiger partial charge is 0.215 e. The first-order valence-corrected chi connectivity index (χ1v) is 4.23. The number of rotatable bonds is 0. The van der Waals surface area contributed by atoms with Gasteiger partial charge in [-0.15, -0.1) is 0 Å². The van der Waals surface area contributed by atoms with E-state index in [0.717, 1.165) is 0 Å². The van der Waals surface area contributed by atoms with Crippen molar-refractivity contribution in [1.29, 1.82) is 0 Å². The van der Waals surface area contributed by atoms with Gasteiger partial charge in [-0.25, -0.2) is 0 Å². The molecule has 0 saturated carbocycles. The second kappa shape index (κ2) is 2.73. The first-order valence-electron chi connectivity index (χ1n) is 4.23. The summed E-state index contributed by atoms with van der Waals surface area (Å²) in [4.78, 5) is 15.7. The van der Waals surface area contributed by atoms with Crippen LogP contribution in [-0.2, 0) is 0 Å². The fourth-order valence-corrected chi connectivity index (χ4v) is 1.58. The summed E-state index contributed by atoms with van der Waals surface area (Å²) < 4.78 is 0. The number of allylic oxidation sites excluding steroid dienone is 1. The zero-order valence-electron chi connectivity index (χ0n) is 7.69. The molecule has 0 amide bonds. The van der Waals surface area contributed by atoms with E-state index in [1.54, 1.807) is 25.3 Å². The van der Waals surface area contributed by atoms with Crippen molar-refractivity contribution in [3.05, 3.63) is 35.7 Å². The van der Waals surface area contributed by atoms with E-state index >= 15 is 0 Å². The average Bonchev–Trinajstić information content (AvgIpc) is 2.14. The lowest BCUT2D eigenvalue weighted by Crippen LogP contribution is -2.48. The molecule has 0 aliphatic heterocycles. The van der Waals surface area contributed by atoms with Crippen molar-refractivity contribution in [3.63, 3.8) is 0 Å². The predicted octanol–water partition coefficient (Wildman–Crippen LogP) is 0.329. The molecular weight excluding hydrogens is 180 g/mol. The molecule has 4 heteroatoms. The van der Waals surface area contributed by atoms with Crippen molar-refractivity contribution in [2.24, 2.45) is 5.73 Å². The Kier molecular flexibility index (Phi) is 1.77. The second-order valence-corrected chi connectivity index (χ2v) is 3.38. The molecule has 1 aromatic heterocycles. The zero-order valence-corrected chi connectivity index (χ0v) is 7.69. The lowest BCUT2D eigenvalue weighted by atomic mass is 9.89. The van der Waals surface area contributed by atoms with Gasteiger partial charge in [-0.05, 0) is 30.7 Å². The largest absolute Gasteiger partial charge is 0.366 e. The van der Waals surface area contributed by atoms with E-state index in [2.05, 4.69) is 4.98 Å². The number of fused-ring (bicyclic) bond motifs is 1. The summed E-state index contributed by atoms with van der Waals surface area (Å²) in [5, 5.41) is 9.58. The minimum absolute atomic E-state index is 0.373. The Labute approximate surface area is 81.1 Å². The van der Waals surface area contributed by atoms with Gasteiger partial charge in [0.05, 0.1) is 5.69 Å². The molecule has 0 bridgehead atoms. The highest BCUT2D eigenvalue weighted by atomic mass is 16.3. The number of Topliss-reactive ketones (excluding diaryl/α,β-unsaturated/α-hetero) is 1. The fraction of sp³-hybridized carbons (Fsp3) is 0.200. The molecule has 1 atom stereocenters. The van der Waals surface area contributed by atoms with Crippen LogP contribution in [0.1, 0.15) is 23.0 Å². The van der Waals surface area contributed by atoms with Crippen molar-refractivity contribution in [1.82, 2.24) is 4.98 Å². The number of ketones is 1. The maximum atomic E-state index is 11.6. The normalized spacial score (nSPS) is 25.6. The summed E-state index contributed by atoms with van der Waals surface area (Å²) in [6.07, 6.45) is 2.93. The van der Waals surface area contributed by atoms with E-state index in [4.69, 9.17) is 5.73 Å². The molecule has 1 heterocycles. The maximum Gasteiger partial charge on any atom is 0.215 e. The van der Waals surface area contributed by atoms with Gasteiger partial charge in [-0.3, -0.25) is 15.5 Å². The van der Waals surface area contributed by atoms with E-state index in [0.29, 0.717) is 16.8 Å². The number of carbonyl (C=O) groups is 1. The molecule has 0 saturated heterocycles. The molecule has 1 unspecified atom stereocenters. The summed E-state index contributed by atoms with van der Waals surface area (Å²) in [5.41, 5.74) is 5.22. The van der Waals surface area contributed by atoms with Crippen LogP contribution in [0.25, 0.3) is 5.57 Å². The molecular formula is C10H10N2O2. The molecule has 0 fully saturated rings. The van der Waals surface area contributed by atoms with Crippen LogP contribution in [0.15, 0.2) is 24.4 Å². The molecule has 0 radical (unpaired) electrons. The minimum Gasteiger partial charge on any atom is -0.366 e. The number of hydrogen-bond acceptors (Lipinski definition) is 4. The van der Waals surface area contributed by atoms with Crippen LogP contribution < -0.4 is 5.73 Å². The Bertz CT molecular complexity index is 436. The van der Waals surface area contributed by atoms with Gasteiger partial charge in [0.25, 0.3) is 0 Å². The second-order valence-electron chi connectivity index (χ2n) is 3.38. The van der Waals surface area contributed by atoms with Crippen LogP contribution in [0, 0.1) is 0 Å². The van der Waals surface area contributed by atoms with Crippen molar-refractivity contribution < 1.29 is 9.90 Å². The van der Waals surface area contributed by atoms with E-state index in [1.165, 1.54) is 6.08 Å². The summed E-state index contributed by atoms with van der Waals surface area (Å²) in [7, 11) is 0. The van der Waals surface area contributed by atoms with Crippen LogP contribution in [0.5, 0.6) is 0 Å². The third-order valence-corrected chi connectivity index (χ3v) is 2.23. The average molecular weight is 190 g/mol. The van der Waals surface area contributed by atoms with Crippen molar-refractivity contribution in [2.45, 2.75) is 12.6 Å². The quantitative estimate of drug-likeness (QED) is 0.578. The highest BCUT2D eigenvalue weighted by Gasteiger charge is 2.35. The van der Waals surface area contributed by atoms with Crippen LogP contribution in [0.2, 0.25) is 0 Å². The fourth-order valence-electron chi connectivity index (χ4n) is 1.58. The predicted molar refractivity (Wildman–Crippen MR) is 51.4 cm³/mol. The topological polar surface area (TPSA) is 76.2 Å². The number of aromatic nitrogens is 1. The van der Waals surface area contributed by atoms with E-state index in [-0.39, 0.29) is 0 Å². The van der Waals surface area contributed by atoms with Crippen LogP contribution in [-0.4, -0.2) is 21.6 Å². The molecule has 14 heavy (non-hydrogen) atoms. The molecule has 0 spiro atoms. The lowest BCUT2D eigenvalue weighted by molar-refractivity contribution is 0.0545. The molecule has 1 aromatic rings. The Morgan fingerprint density at radius 3 is 3.00 bits per heavy atom. The van der Waals surface area contributed by atoms with Gasteiger partial charge < -0.3 is 5.11 Å². The number of pyridine rings is 1. The molecule has 72 valence electrons. The summed E-state index contributed by atoms with van der Waals surface area (Å²) in [6.45, 7) is 1.76. The Morgan fingerprint density at radius 1 is 1.57 bits per heavy atom. The number of nitrogens with two attached hydrogens (primary N) is 1. The molecule has 4 nitrogen and oxygen atoms in total. The van der Waals surface area contributed by atoms with Gasteiger partial charge >= 0.3 is 0 Å². The number of carbonyl (C=O) groups excluding carboxylic acids is 1. The maximum absolute atomic E-state index is 11.6. The standard InChI is InChI=1S/C10H10N2O2/c1-6-5-10(11,14)9(13)7-3-2-4-12-8(6)7/h2-5,14H,11H2,1H3.